The van der Waals surface area contributed by atoms with Crippen molar-refractivity contribution < 1.29 is 18.4 Å². The van der Waals surface area contributed by atoms with Gasteiger partial charge in [0.2, 0.25) is 0 Å². The van der Waals surface area contributed by atoms with Gasteiger partial charge >= 0.3 is 0 Å². The van der Waals surface area contributed by atoms with Gasteiger partial charge in [0.05, 0.1) is 0 Å². The summed E-state index contributed by atoms with van der Waals surface area (Å²) in [6.07, 6.45) is 0. The minimum absolute atomic E-state index is 0.242. The molecule has 0 fully saturated rings. The zero-order valence-corrected chi connectivity index (χ0v) is 21.4. The predicted octanol–water partition coefficient (Wildman–Crippen LogP) is 5.66. The Hall–Kier alpha value is -1.87. The fourth-order valence-corrected chi connectivity index (χ4v) is 6.63. The van der Waals surface area contributed by atoms with Crippen LogP contribution in [0.15, 0.2) is 60.7 Å². The van der Waals surface area contributed by atoms with E-state index in [1.807, 2.05) is 99.9 Å². The lowest BCUT2D eigenvalue weighted by Crippen LogP contribution is -2.65. The molecule has 0 aliphatic rings. The van der Waals surface area contributed by atoms with Gasteiger partial charge in [-0.15, -0.1) is 0 Å². The van der Waals surface area contributed by atoms with Gasteiger partial charge in [0.1, 0.15) is 0 Å². The molecule has 0 saturated carbocycles. The monoisotopic (exact) mass is 442 g/mol. The maximum Gasteiger partial charge on any atom is 0.185 e. The molecule has 30 heavy (non-hydrogen) atoms. The smallest absolute Gasteiger partial charge is 0.185 e. The number of ketones is 2. The van der Waals surface area contributed by atoms with Crippen molar-refractivity contribution in [1.29, 1.82) is 0 Å². The fourth-order valence-electron chi connectivity index (χ4n) is 3.98. The average molecular weight is 443 g/mol. The number of rotatable bonds is 9. The number of Topliss-reactive ketones (excluding diaryl/α,β-unsaturated/α-hetero) is 2. The van der Waals surface area contributed by atoms with Crippen LogP contribution in [0.2, 0.25) is 39.3 Å². The van der Waals surface area contributed by atoms with E-state index in [0.29, 0.717) is 11.1 Å². The summed E-state index contributed by atoms with van der Waals surface area (Å²) in [6.45, 7) is 15.2. The van der Waals surface area contributed by atoms with E-state index in [-0.39, 0.29) is 11.6 Å². The van der Waals surface area contributed by atoms with Crippen molar-refractivity contribution >= 4 is 28.2 Å². The number of hydrogen-bond acceptors (Lipinski definition) is 4. The Labute approximate surface area is 182 Å². The summed E-state index contributed by atoms with van der Waals surface area (Å²) in [7, 11) is -4.68. The SMILES string of the molecule is CC(=O)C(O[Si](C)(C)C)(c1ccccc1)C(O[Si](C)(C)C)(C(C)=O)c1ccccc1. The summed E-state index contributed by atoms with van der Waals surface area (Å²) in [5.41, 5.74) is -1.91. The lowest BCUT2D eigenvalue weighted by molar-refractivity contribution is -0.177. The molecule has 2 aromatic rings. The Morgan fingerprint density at radius 2 is 0.867 bits per heavy atom. The predicted molar refractivity (Wildman–Crippen MR) is 126 cm³/mol. The normalized spacial score (nSPS) is 16.4. The van der Waals surface area contributed by atoms with E-state index in [0.717, 1.165) is 0 Å². The van der Waals surface area contributed by atoms with Gasteiger partial charge < -0.3 is 8.85 Å². The minimum atomic E-state index is -2.34. The van der Waals surface area contributed by atoms with Gasteiger partial charge in [-0.25, -0.2) is 0 Å². The van der Waals surface area contributed by atoms with Crippen molar-refractivity contribution in [3.05, 3.63) is 71.8 Å². The van der Waals surface area contributed by atoms with Crippen LogP contribution >= 0.6 is 0 Å². The van der Waals surface area contributed by atoms with E-state index in [2.05, 4.69) is 0 Å². The quantitative estimate of drug-likeness (QED) is 0.470. The molecule has 2 unspecified atom stereocenters. The van der Waals surface area contributed by atoms with Gasteiger partial charge in [-0.05, 0) is 64.3 Å². The van der Waals surface area contributed by atoms with Gasteiger partial charge in [-0.3, -0.25) is 9.59 Å². The van der Waals surface area contributed by atoms with Gasteiger partial charge in [0.15, 0.2) is 39.4 Å². The number of carbonyl (C=O) groups excluding carboxylic acids is 2. The summed E-state index contributed by atoms with van der Waals surface area (Å²) >= 11 is 0. The molecule has 4 nitrogen and oxygen atoms in total. The molecule has 0 bridgehead atoms. The molecule has 2 aromatic carbocycles. The molecule has 0 N–H and O–H groups in total. The van der Waals surface area contributed by atoms with E-state index in [1.54, 1.807) is 0 Å². The molecule has 0 aromatic heterocycles. The zero-order valence-electron chi connectivity index (χ0n) is 19.4. The van der Waals surface area contributed by atoms with Gasteiger partial charge in [-0.2, -0.15) is 0 Å². The second-order valence-electron chi connectivity index (χ2n) is 9.64. The summed E-state index contributed by atoms with van der Waals surface area (Å²) in [5.74, 6) is -0.484. The molecule has 0 saturated heterocycles. The standard InChI is InChI=1S/C24H34O4Si2/c1-19(25)23(27-29(3,4)5,21-15-11-9-12-16-21)24(20(2)26,28-30(6,7)8)22-17-13-10-14-18-22/h9-18H,1-8H3. The van der Waals surface area contributed by atoms with E-state index < -0.39 is 27.8 Å². The van der Waals surface area contributed by atoms with E-state index >= 15 is 0 Å². The molecule has 0 aliphatic heterocycles. The van der Waals surface area contributed by atoms with Crippen LogP contribution < -0.4 is 0 Å². The van der Waals surface area contributed by atoms with Crippen molar-refractivity contribution in [2.24, 2.45) is 0 Å². The molecule has 0 heterocycles. The number of hydrogen-bond donors (Lipinski definition) is 0. The van der Waals surface area contributed by atoms with Crippen LogP contribution in [-0.2, 0) is 29.6 Å². The Balaban J connectivity index is 3.09. The first-order valence-electron chi connectivity index (χ1n) is 10.3. The van der Waals surface area contributed by atoms with Crippen molar-refractivity contribution in [2.45, 2.75) is 64.3 Å². The molecule has 0 spiro atoms. The fraction of sp³-hybridized carbons (Fsp3) is 0.417. The maximum absolute atomic E-state index is 13.6. The third-order valence-corrected chi connectivity index (χ3v) is 6.60. The Morgan fingerprint density at radius 3 is 1.07 bits per heavy atom. The Morgan fingerprint density at radius 1 is 0.600 bits per heavy atom. The second-order valence-corrected chi connectivity index (χ2v) is 18.5. The van der Waals surface area contributed by atoms with Gasteiger partial charge in [0, 0.05) is 0 Å². The Kier molecular flexibility index (Phi) is 7.08. The van der Waals surface area contributed by atoms with Gasteiger partial charge in [-0.1, -0.05) is 60.7 Å². The van der Waals surface area contributed by atoms with Crippen molar-refractivity contribution in [3.63, 3.8) is 0 Å². The summed E-state index contributed by atoms with van der Waals surface area (Å²) in [5, 5.41) is 0. The number of benzene rings is 2. The third-order valence-electron chi connectivity index (χ3n) is 4.77. The molecule has 6 heteroatoms. The maximum atomic E-state index is 13.6. The van der Waals surface area contributed by atoms with Crippen LogP contribution in [0.4, 0.5) is 0 Å². The number of carbonyl (C=O) groups is 2. The first-order valence-corrected chi connectivity index (χ1v) is 17.1. The van der Waals surface area contributed by atoms with Crippen LogP contribution in [0, 0.1) is 0 Å². The van der Waals surface area contributed by atoms with Crippen LogP contribution in [0.5, 0.6) is 0 Å². The molecule has 0 radical (unpaired) electrons. The average Bonchev–Trinajstić information content (AvgIpc) is 2.63. The van der Waals surface area contributed by atoms with E-state index in [1.165, 1.54) is 13.8 Å². The largest absolute Gasteiger partial charge is 0.399 e. The molecule has 2 atom stereocenters. The first kappa shape index (κ1) is 24.4. The molecule has 162 valence electrons. The third kappa shape index (κ3) is 4.72. The molecule has 0 amide bonds. The molecular formula is C24H34O4Si2. The lowest BCUT2D eigenvalue weighted by atomic mass is 9.69. The van der Waals surface area contributed by atoms with Crippen LogP contribution in [-0.4, -0.2) is 28.2 Å². The highest BCUT2D eigenvalue weighted by molar-refractivity contribution is 6.70. The lowest BCUT2D eigenvalue weighted by Gasteiger charge is -2.52. The van der Waals surface area contributed by atoms with Crippen LogP contribution in [0.3, 0.4) is 0 Å². The second kappa shape index (κ2) is 8.71. The van der Waals surface area contributed by atoms with Crippen molar-refractivity contribution in [2.75, 3.05) is 0 Å². The molecular weight excluding hydrogens is 408 g/mol. The highest BCUT2D eigenvalue weighted by Crippen LogP contribution is 2.50. The summed E-state index contributed by atoms with van der Waals surface area (Å²) in [4.78, 5) is 27.3. The van der Waals surface area contributed by atoms with E-state index in [4.69, 9.17) is 8.85 Å². The van der Waals surface area contributed by atoms with Gasteiger partial charge in [0.25, 0.3) is 0 Å². The molecule has 0 aliphatic carbocycles. The topological polar surface area (TPSA) is 52.6 Å². The zero-order chi connectivity index (χ0) is 22.8. The summed E-state index contributed by atoms with van der Waals surface area (Å²) in [6, 6.07) is 18.7. The highest BCUT2D eigenvalue weighted by atomic mass is 28.4. The van der Waals surface area contributed by atoms with Crippen LogP contribution in [0.25, 0.3) is 0 Å². The highest BCUT2D eigenvalue weighted by Gasteiger charge is 2.64. The van der Waals surface area contributed by atoms with Crippen molar-refractivity contribution in [3.8, 4) is 0 Å². The van der Waals surface area contributed by atoms with Crippen LogP contribution in [0.1, 0.15) is 25.0 Å². The summed E-state index contributed by atoms with van der Waals surface area (Å²) < 4.78 is 13.5. The van der Waals surface area contributed by atoms with E-state index in [9.17, 15) is 9.59 Å². The van der Waals surface area contributed by atoms with Crippen molar-refractivity contribution in [1.82, 2.24) is 0 Å². The minimum Gasteiger partial charge on any atom is -0.399 e. The molecule has 2 rings (SSSR count). The Bertz CT molecular complexity index is 809. The first-order chi connectivity index (χ1) is 13.8.